The largest absolute Gasteiger partial charge is 0.481 e. The predicted molar refractivity (Wildman–Crippen MR) is 111 cm³/mol. The lowest BCUT2D eigenvalue weighted by Crippen LogP contribution is -2.58. The summed E-state index contributed by atoms with van der Waals surface area (Å²) in [5.41, 5.74) is 15.6. The SMILES string of the molecule is CC(C)CC(NC(=O)C(CC(N)=O)NC(=O)C(N)CC(N)=O)C(=O)NC(CC(=O)O)C(=O)O. The zero-order valence-corrected chi connectivity index (χ0v) is 18.2. The third-order valence-electron chi connectivity index (χ3n) is 4.13. The van der Waals surface area contributed by atoms with E-state index in [0.29, 0.717) is 0 Å². The number of aliphatic carboxylic acids is 2. The van der Waals surface area contributed by atoms with Crippen LogP contribution in [0.25, 0.3) is 0 Å². The van der Waals surface area contributed by atoms with Gasteiger partial charge in [-0.25, -0.2) is 4.79 Å². The van der Waals surface area contributed by atoms with Gasteiger partial charge in [-0.05, 0) is 12.3 Å². The summed E-state index contributed by atoms with van der Waals surface area (Å²) >= 11 is 0. The first-order valence-electron chi connectivity index (χ1n) is 9.81. The van der Waals surface area contributed by atoms with Gasteiger partial charge in [0, 0.05) is 0 Å². The van der Waals surface area contributed by atoms with E-state index in [-0.39, 0.29) is 12.3 Å². The van der Waals surface area contributed by atoms with Crippen LogP contribution < -0.4 is 33.2 Å². The molecule has 4 unspecified atom stereocenters. The molecule has 0 radical (unpaired) electrons. The number of amides is 5. The average Bonchev–Trinajstić information content (AvgIpc) is 2.64. The second-order valence-electron chi connectivity index (χ2n) is 7.70. The molecule has 0 aliphatic carbocycles. The van der Waals surface area contributed by atoms with E-state index in [1.807, 2.05) is 5.32 Å². The van der Waals surface area contributed by atoms with E-state index in [0.717, 1.165) is 0 Å². The third kappa shape index (κ3) is 12.0. The molecule has 0 saturated heterocycles. The summed E-state index contributed by atoms with van der Waals surface area (Å²) in [6, 6.07) is -6.06. The molecule has 0 fully saturated rings. The molecule has 5 amide bonds. The monoisotopic (exact) mass is 474 g/mol. The molecule has 15 nitrogen and oxygen atoms in total. The van der Waals surface area contributed by atoms with Crippen molar-refractivity contribution in [3.8, 4) is 0 Å². The Bertz CT molecular complexity index is 785. The van der Waals surface area contributed by atoms with Crippen LogP contribution in [0.2, 0.25) is 0 Å². The van der Waals surface area contributed by atoms with Crippen LogP contribution >= 0.6 is 0 Å². The Kier molecular flexibility index (Phi) is 12.1. The summed E-state index contributed by atoms with van der Waals surface area (Å²) in [6.45, 7) is 3.40. The molecule has 0 aliphatic heterocycles. The Morgan fingerprint density at radius 1 is 0.697 bits per heavy atom. The summed E-state index contributed by atoms with van der Waals surface area (Å²) in [5.74, 6) is -8.08. The van der Waals surface area contributed by atoms with Crippen molar-refractivity contribution in [3.05, 3.63) is 0 Å². The quantitative estimate of drug-likeness (QED) is 0.114. The Labute approximate surface area is 188 Å². The number of nitrogens with two attached hydrogens (primary N) is 3. The zero-order chi connectivity index (χ0) is 25.9. The van der Waals surface area contributed by atoms with Crippen molar-refractivity contribution in [2.75, 3.05) is 0 Å². The molecular weight excluding hydrogens is 444 g/mol. The molecule has 4 atom stereocenters. The summed E-state index contributed by atoms with van der Waals surface area (Å²) < 4.78 is 0. The molecule has 0 bridgehead atoms. The Hall–Kier alpha value is -3.75. The lowest BCUT2D eigenvalue weighted by atomic mass is 10.0. The zero-order valence-electron chi connectivity index (χ0n) is 18.2. The van der Waals surface area contributed by atoms with Gasteiger partial charge >= 0.3 is 11.9 Å². The maximum absolute atomic E-state index is 12.7. The van der Waals surface area contributed by atoms with E-state index >= 15 is 0 Å². The van der Waals surface area contributed by atoms with E-state index in [4.69, 9.17) is 27.4 Å². The fourth-order valence-electron chi connectivity index (χ4n) is 2.62. The molecule has 0 aromatic heterocycles. The van der Waals surface area contributed by atoms with E-state index < -0.39 is 84.9 Å². The van der Waals surface area contributed by atoms with Crippen molar-refractivity contribution in [1.82, 2.24) is 16.0 Å². The van der Waals surface area contributed by atoms with Gasteiger partial charge in [-0.2, -0.15) is 0 Å². The lowest BCUT2D eigenvalue weighted by Gasteiger charge is -2.25. The fourth-order valence-corrected chi connectivity index (χ4v) is 2.62. The van der Waals surface area contributed by atoms with Gasteiger partial charge in [0.15, 0.2) is 0 Å². The molecule has 15 heteroatoms. The smallest absolute Gasteiger partial charge is 0.326 e. The molecule has 0 rings (SSSR count). The van der Waals surface area contributed by atoms with Crippen molar-refractivity contribution in [1.29, 1.82) is 0 Å². The van der Waals surface area contributed by atoms with Gasteiger partial charge in [0.05, 0.1) is 25.3 Å². The third-order valence-corrected chi connectivity index (χ3v) is 4.13. The predicted octanol–water partition coefficient (Wildman–Crippen LogP) is -3.88. The summed E-state index contributed by atoms with van der Waals surface area (Å²) in [6.07, 6.45) is -2.10. The highest BCUT2D eigenvalue weighted by Gasteiger charge is 2.32. The molecule has 0 aliphatic rings. The first kappa shape index (κ1) is 29.2. The van der Waals surface area contributed by atoms with Crippen LogP contribution in [0.4, 0.5) is 0 Å². The van der Waals surface area contributed by atoms with Gasteiger partial charge in [0.1, 0.15) is 18.1 Å². The van der Waals surface area contributed by atoms with Crippen LogP contribution in [0.5, 0.6) is 0 Å². The number of hydrogen-bond donors (Lipinski definition) is 8. The number of carboxylic acids is 2. The van der Waals surface area contributed by atoms with Crippen LogP contribution in [-0.2, 0) is 33.6 Å². The molecule has 11 N–H and O–H groups in total. The van der Waals surface area contributed by atoms with Gasteiger partial charge < -0.3 is 43.4 Å². The number of nitrogens with one attached hydrogen (secondary N) is 3. The minimum atomic E-state index is -1.76. The Balaban J connectivity index is 5.56. The number of hydrogen-bond acceptors (Lipinski definition) is 8. The fraction of sp³-hybridized carbons (Fsp3) is 0.611. The number of primary amides is 2. The van der Waals surface area contributed by atoms with Crippen LogP contribution in [0, 0.1) is 5.92 Å². The molecule has 0 aromatic rings. The first-order chi connectivity index (χ1) is 15.1. The maximum Gasteiger partial charge on any atom is 0.326 e. The number of carboxylic acid groups (broad SMARTS) is 2. The highest BCUT2D eigenvalue weighted by Crippen LogP contribution is 2.07. The lowest BCUT2D eigenvalue weighted by molar-refractivity contribution is -0.147. The van der Waals surface area contributed by atoms with E-state index in [2.05, 4.69) is 10.6 Å². The average molecular weight is 474 g/mol. The van der Waals surface area contributed by atoms with E-state index in [1.54, 1.807) is 13.8 Å². The van der Waals surface area contributed by atoms with Gasteiger partial charge in [-0.1, -0.05) is 13.8 Å². The van der Waals surface area contributed by atoms with Gasteiger partial charge in [-0.15, -0.1) is 0 Å². The topological polar surface area (TPSA) is 274 Å². The first-order valence-corrected chi connectivity index (χ1v) is 9.81. The molecule has 0 saturated carbocycles. The van der Waals surface area contributed by atoms with Crippen molar-refractivity contribution < 1.29 is 43.8 Å². The van der Waals surface area contributed by atoms with Crippen molar-refractivity contribution >= 4 is 41.5 Å². The van der Waals surface area contributed by atoms with Crippen LogP contribution in [0.15, 0.2) is 0 Å². The molecule has 0 spiro atoms. The number of carbonyl (C=O) groups excluding carboxylic acids is 5. The molecular formula is C18H30N6O9. The van der Waals surface area contributed by atoms with Crippen molar-refractivity contribution in [2.24, 2.45) is 23.1 Å². The minimum absolute atomic E-state index is 0.00934. The molecule has 0 aromatic carbocycles. The van der Waals surface area contributed by atoms with E-state index in [1.165, 1.54) is 0 Å². The highest BCUT2D eigenvalue weighted by atomic mass is 16.4. The van der Waals surface area contributed by atoms with Crippen molar-refractivity contribution in [3.63, 3.8) is 0 Å². The summed E-state index contributed by atoms with van der Waals surface area (Å²) in [7, 11) is 0. The Morgan fingerprint density at radius 2 is 1.15 bits per heavy atom. The normalized spacial score (nSPS) is 14.3. The van der Waals surface area contributed by atoms with Crippen LogP contribution in [-0.4, -0.2) is 75.9 Å². The van der Waals surface area contributed by atoms with E-state index in [9.17, 15) is 33.6 Å². The number of rotatable bonds is 15. The van der Waals surface area contributed by atoms with Crippen LogP contribution in [0.3, 0.4) is 0 Å². The summed E-state index contributed by atoms with van der Waals surface area (Å²) in [4.78, 5) is 81.7. The highest BCUT2D eigenvalue weighted by molar-refractivity contribution is 5.97. The molecule has 33 heavy (non-hydrogen) atoms. The maximum atomic E-state index is 12.7. The van der Waals surface area contributed by atoms with Gasteiger partial charge in [-0.3, -0.25) is 28.8 Å². The standard InChI is InChI=1S/C18H30N6O9/c1-7(2)3-9(16(30)24-11(18(32)33)6-14(27)28)23-17(31)10(5-13(21)26)22-15(29)8(19)4-12(20)25/h7-11H,3-6,19H2,1-2H3,(H2,20,25)(H2,21,26)(H,22,29)(H,23,31)(H,24,30)(H,27,28)(H,32,33). The van der Waals surface area contributed by atoms with Crippen LogP contribution in [0.1, 0.15) is 39.5 Å². The summed E-state index contributed by atoms with van der Waals surface area (Å²) in [5, 5.41) is 24.4. The number of carbonyl (C=O) groups is 7. The van der Waals surface area contributed by atoms with Crippen molar-refractivity contribution in [2.45, 2.75) is 63.7 Å². The molecule has 0 heterocycles. The van der Waals surface area contributed by atoms with Gasteiger partial charge in [0.25, 0.3) is 0 Å². The van der Waals surface area contributed by atoms with Gasteiger partial charge in [0.2, 0.25) is 29.5 Å². The second kappa shape index (κ2) is 13.6. The minimum Gasteiger partial charge on any atom is -0.481 e. The molecule has 186 valence electrons. The second-order valence-corrected chi connectivity index (χ2v) is 7.70. The Morgan fingerprint density at radius 3 is 1.58 bits per heavy atom.